The molecule has 18 heavy (non-hydrogen) atoms. The molecule has 1 aromatic heterocycles. The van der Waals surface area contributed by atoms with E-state index in [4.69, 9.17) is 16.3 Å². The summed E-state index contributed by atoms with van der Waals surface area (Å²) in [5, 5.41) is 0.189. The molecule has 0 spiro atoms. The molecule has 0 atom stereocenters. The van der Waals surface area contributed by atoms with Crippen molar-refractivity contribution in [3.05, 3.63) is 46.9 Å². The minimum absolute atomic E-state index is 0.0800. The Morgan fingerprint density at radius 2 is 2.00 bits per heavy atom. The van der Waals surface area contributed by atoms with Gasteiger partial charge in [-0.15, -0.1) is 0 Å². The van der Waals surface area contributed by atoms with Crippen molar-refractivity contribution in [2.24, 2.45) is 0 Å². The van der Waals surface area contributed by atoms with Gasteiger partial charge in [0.1, 0.15) is 16.8 Å². The maximum Gasteiger partial charge on any atom is 0.224 e. The normalized spacial score (nSPS) is 10.4. The first-order chi connectivity index (χ1) is 8.58. The maximum absolute atomic E-state index is 13.4. The van der Waals surface area contributed by atoms with Crippen molar-refractivity contribution >= 4 is 11.6 Å². The summed E-state index contributed by atoms with van der Waals surface area (Å²) in [6.07, 6.45) is 0.558. The average Bonchev–Trinajstić information content (AvgIpc) is 2.33. The number of aromatic nitrogens is 2. The molecule has 0 aliphatic carbocycles. The first kappa shape index (κ1) is 12.7. The number of ether oxygens (including phenoxy) is 1. The summed E-state index contributed by atoms with van der Waals surface area (Å²) in [5.41, 5.74) is 0. The highest BCUT2D eigenvalue weighted by atomic mass is 35.5. The minimum Gasteiger partial charge on any atom is -0.436 e. The number of nitrogens with zero attached hydrogens (tertiary/aromatic N) is 2. The van der Waals surface area contributed by atoms with Gasteiger partial charge in [0, 0.05) is 18.6 Å². The Hall–Kier alpha value is -1.75. The molecule has 0 saturated heterocycles. The molecule has 2 rings (SSSR count). The number of rotatable bonds is 3. The summed E-state index contributed by atoms with van der Waals surface area (Å²) >= 11 is 5.77. The van der Waals surface area contributed by atoms with Gasteiger partial charge in [-0.05, 0) is 12.1 Å². The molecule has 1 heterocycles. The molecule has 0 unspecified atom stereocenters. The van der Waals surface area contributed by atoms with Crippen molar-refractivity contribution in [3.8, 4) is 11.6 Å². The van der Waals surface area contributed by atoms with E-state index in [1.807, 2.05) is 6.92 Å². The molecule has 0 aliphatic rings. The molecule has 0 amide bonds. The van der Waals surface area contributed by atoms with E-state index >= 15 is 0 Å². The highest BCUT2D eigenvalue weighted by Gasteiger charge is 2.09. The van der Waals surface area contributed by atoms with Gasteiger partial charge in [0.25, 0.3) is 0 Å². The average molecular weight is 271 g/mol. The third-order valence-corrected chi connectivity index (χ3v) is 2.34. The lowest BCUT2D eigenvalue weighted by molar-refractivity contribution is 0.420. The molecule has 2 aromatic rings. The molecule has 0 fully saturated rings. The summed E-state index contributed by atoms with van der Waals surface area (Å²) in [6.45, 7) is 1.85. The van der Waals surface area contributed by atoms with Crippen LogP contribution >= 0.6 is 11.6 Å². The second-order valence-corrected chi connectivity index (χ2v) is 3.86. The molecule has 1 aromatic carbocycles. The third-order valence-electron chi connectivity index (χ3n) is 2.14. The molecule has 0 aliphatic heterocycles. The van der Waals surface area contributed by atoms with Crippen LogP contribution in [0.4, 0.5) is 8.78 Å². The second-order valence-electron chi connectivity index (χ2n) is 3.48. The monoisotopic (exact) mass is 270 g/mol. The molecule has 0 saturated carbocycles. The lowest BCUT2D eigenvalue weighted by Gasteiger charge is -2.07. The highest BCUT2D eigenvalue weighted by molar-refractivity contribution is 6.29. The van der Waals surface area contributed by atoms with Crippen molar-refractivity contribution in [1.82, 2.24) is 9.97 Å². The molecule has 0 bridgehead atoms. The van der Waals surface area contributed by atoms with Crippen LogP contribution < -0.4 is 4.74 Å². The summed E-state index contributed by atoms with van der Waals surface area (Å²) in [5.74, 6) is -0.969. The van der Waals surface area contributed by atoms with Gasteiger partial charge >= 0.3 is 0 Å². The second kappa shape index (κ2) is 5.27. The molecular weight excluding hydrogens is 262 g/mol. The van der Waals surface area contributed by atoms with E-state index in [1.54, 1.807) is 0 Å². The Morgan fingerprint density at radius 3 is 2.72 bits per heavy atom. The number of hydrogen-bond donors (Lipinski definition) is 0. The maximum atomic E-state index is 13.4. The van der Waals surface area contributed by atoms with Crippen LogP contribution in [-0.4, -0.2) is 9.97 Å². The van der Waals surface area contributed by atoms with Gasteiger partial charge in [-0.1, -0.05) is 18.5 Å². The van der Waals surface area contributed by atoms with E-state index in [2.05, 4.69) is 9.97 Å². The van der Waals surface area contributed by atoms with E-state index in [0.717, 1.165) is 18.2 Å². The Balaban J connectivity index is 2.33. The van der Waals surface area contributed by atoms with Gasteiger partial charge in [-0.25, -0.2) is 13.8 Å². The third kappa shape index (κ3) is 2.92. The quantitative estimate of drug-likeness (QED) is 0.797. The SMILES string of the molecule is CCc1nc(Cl)cc(Oc2cc(F)ccc2F)n1. The number of hydrogen-bond acceptors (Lipinski definition) is 3. The zero-order valence-electron chi connectivity index (χ0n) is 9.45. The largest absolute Gasteiger partial charge is 0.436 e. The molecular formula is C12H9ClF2N2O. The summed E-state index contributed by atoms with van der Waals surface area (Å²) in [7, 11) is 0. The smallest absolute Gasteiger partial charge is 0.224 e. The van der Waals surface area contributed by atoms with Crippen molar-refractivity contribution in [1.29, 1.82) is 0 Å². The van der Waals surface area contributed by atoms with Gasteiger partial charge in [0.15, 0.2) is 11.6 Å². The Morgan fingerprint density at radius 1 is 1.22 bits per heavy atom. The first-order valence-electron chi connectivity index (χ1n) is 5.25. The van der Waals surface area contributed by atoms with Gasteiger partial charge in [0.2, 0.25) is 5.88 Å². The van der Waals surface area contributed by atoms with Crippen LogP contribution in [-0.2, 0) is 6.42 Å². The molecule has 94 valence electrons. The Kier molecular flexibility index (Phi) is 3.72. The van der Waals surface area contributed by atoms with Crippen LogP contribution in [0.2, 0.25) is 5.15 Å². The summed E-state index contributed by atoms with van der Waals surface area (Å²) < 4.78 is 31.5. The van der Waals surface area contributed by atoms with Crippen LogP contribution in [0.25, 0.3) is 0 Å². The fraction of sp³-hybridized carbons (Fsp3) is 0.167. The molecule has 3 nitrogen and oxygen atoms in total. The van der Waals surface area contributed by atoms with E-state index in [1.165, 1.54) is 6.07 Å². The molecule has 0 N–H and O–H groups in total. The standard InChI is InChI=1S/C12H9ClF2N2O/c1-2-11-16-10(13)6-12(17-11)18-9-5-7(14)3-4-8(9)15/h3-6H,2H2,1H3. The highest BCUT2D eigenvalue weighted by Crippen LogP contribution is 2.25. The van der Waals surface area contributed by atoms with E-state index in [9.17, 15) is 8.78 Å². The van der Waals surface area contributed by atoms with Gasteiger partial charge < -0.3 is 4.74 Å². The lowest BCUT2D eigenvalue weighted by Crippen LogP contribution is -1.97. The van der Waals surface area contributed by atoms with Crippen LogP contribution in [0.15, 0.2) is 24.3 Å². The lowest BCUT2D eigenvalue weighted by atomic mass is 10.3. The summed E-state index contributed by atoms with van der Waals surface area (Å²) in [6, 6.07) is 4.27. The van der Waals surface area contributed by atoms with Crippen LogP contribution in [0.3, 0.4) is 0 Å². The number of benzene rings is 1. The van der Waals surface area contributed by atoms with Crippen LogP contribution in [0.5, 0.6) is 11.6 Å². The zero-order chi connectivity index (χ0) is 13.1. The van der Waals surface area contributed by atoms with Crippen LogP contribution in [0, 0.1) is 11.6 Å². The topological polar surface area (TPSA) is 35.0 Å². The fourth-order valence-electron chi connectivity index (χ4n) is 1.32. The number of halogens is 3. The van der Waals surface area contributed by atoms with E-state index in [-0.39, 0.29) is 16.8 Å². The van der Waals surface area contributed by atoms with Crippen LogP contribution in [0.1, 0.15) is 12.7 Å². The Bertz CT molecular complexity index is 578. The van der Waals surface area contributed by atoms with Crippen molar-refractivity contribution in [2.45, 2.75) is 13.3 Å². The zero-order valence-corrected chi connectivity index (χ0v) is 10.2. The van der Waals surface area contributed by atoms with Gasteiger partial charge in [0.05, 0.1) is 0 Å². The molecule has 6 heteroatoms. The van der Waals surface area contributed by atoms with Crippen molar-refractivity contribution in [2.75, 3.05) is 0 Å². The first-order valence-corrected chi connectivity index (χ1v) is 5.62. The predicted molar refractivity (Wildman–Crippen MR) is 62.9 cm³/mol. The minimum atomic E-state index is -0.677. The van der Waals surface area contributed by atoms with E-state index < -0.39 is 11.6 Å². The van der Waals surface area contributed by atoms with Crippen molar-refractivity contribution < 1.29 is 13.5 Å². The predicted octanol–water partition coefficient (Wildman–Crippen LogP) is 3.76. The van der Waals surface area contributed by atoms with Crippen molar-refractivity contribution in [3.63, 3.8) is 0 Å². The Labute approximate surface area is 107 Å². The van der Waals surface area contributed by atoms with Gasteiger partial charge in [-0.3, -0.25) is 0 Å². The molecule has 0 radical (unpaired) electrons. The number of aryl methyl sites for hydroxylation is 1. The van der Waals surface area contributed by atoms with Gasteiger partial charge in [-0.2, -0.15) is 4.98 Å². The fourth-order valence-corrected chi connectivity index (χ4v) is 1.51. The van der Waals surface area contributed by atoms with E-state index in [0.29, 0.717) is 12.2 Å². The summed E-state index contributed by atoms with van der Waals surface area (Å²) in [4.78, 5) is 7.95.